The standard InChI is InChI=1S/C14H18FN7O/c15-11-7-10(18-19-12-13(16)20-21-14(12)17)2-1-9(11)8-22-3-5-23-6-4-22/h1-2,7H,3-6,8H2,(H5,16,17,20,21). The third-order valence-corrected chi connectivity index (χ3v) is 3.59. The Bertz CT molecular complexity index is 690. The van der Waals surface area contributed by atoms with Crippen molar-refractivity contribution in [3.05, 3.63) is 29.6 Å². The van der Waals surface area contributed by atoms with Crippen molar-refractivity contribution in [3.8, 4) is 0 Å². The second kappa shape index (κ2) is 6.71. The van der Waals surface area contributed by atoms with Crippen LogP contribution in [0.5, 0.6) is 0 Å². The maximum absolute atomic E-state index is 14.2. The Morgan fingerprint density at radius 2 is 2.04 bits per heavy atom. The van der Waals surface area contributed by atoms with E-state index in [-0.39, 0.29) is 23.1 Å². The van der Waals surface area contributed by atoms with E-state index in [9.17, 15) is 4.39 Å². The summed E-state index contributed by atoms with van der Waals surface area (Å²) in [5, 5.41) is 14.1. The van der Waals surface area contributed by atoms with Crippen molar-refractivity contribution in [3.63, 3.8) is 0 Å². The normalized spacial score (nSPS) is 16.2. The second-order valence-corrected chi connectivity index (χ2v) is 5.24. The molecule has 1 aliphatic heterocycles. The quantitative estimate of drug-likeness (QED) is 0.744. The molecule has 23 heavy (non-hydrogen) atoms. The molecule has 0 atom stereocenters. The van der Waals surface area contributed by atoms with E-state index in [0.717, 1.165) is 13.1 Å². The van der Waals surface area contributed by atoms with Crippen LogP contribution in [0.4, 0.5) is 27.4 Å². The molecular weight excluding hydrogens is 301 g/mol. The predicted molar refractivity (Wildman–Crippen MR) is 84.1 cm³/mol. The molecule has 0 saturated carbocycles. The molecule has 0 radical (unpaired) electrons. The number of rotatable bonds is 4. The van der Waals surface area contributed by atoms with Gasteiger partial charge in [0.1, 0.15) is 11.6 Å². The van der Waals surface area contributed by atoms with E-state index in [1.54, 1.807) is 12.1 Å². The highest BCUT2D eigenvalue weighted by Crippen LogP contribution is 2.28. The van der Waals surface area contributed by atoms with Crippen molar-refractivity contribution in [1.82, 2.24) is 15.1 Å². The second-order valence-electron chi connectivity index (χ2n) is 5.24. The first-order valence-electron chi connectivity index (χ1n) is 7.23. The highest BCUT2D eigenvalue weighted by molar-refractivity contribution is 5.70. The molecule has 0 amide bonds. The van der Waals surface area contributed by atoms with Crippen molar-refractivity contribution >= 4 is 23.0 Å². The molecular formula is C14H18FN7O. The van der Waals surface area contributed by atoms with Gasteiger partial charge in [-0.25, -0.2) is 4.39 Å². The number of H-pyrrole nitrogens is 1. The van der Waals surface area contributed by atoms with Gasteiger partial charge in [-0.1, -0.05) is 6.07 Å². The Balaban J connectivity index is 1.71. The van der Waals surface area contributed by atoms with E-state index in [1.165, 1.54) is 6.07 Å². The summed E-state index contributed by atoms with van der Waals surface area (Å²) < 4.78 is 19.5. The van der Waals surface area contributed by atoms with E-state index in [4.69, 9.17) is 16.2 Å². The SMILES string of the molecule is Nc1n[nH]c(N)c1N=Nc1ccc(CN2CCOCC2)c(F)c1. The van der Waals surface area contributed by atoms with Crippen molar-refractivity contribution in [1.29, 1.82) is 0 Å². The lowest BCUT2D eigenvalue weighted by Crippen LogP contribution is -2.35. The number of aromatic nitrogens is 2. The van der Waals surface area contributed by atoms with Gasteiger partial charge in [-0.05, 0) is 6.07 Å². The fourth-order valence-electron chi connectivity index (χ4n) is 2.30. The molecule has 9 heteroatoms. The molecule has 0 bridgehead atoms. The van der Waals surface area contributed by atoms with E-state index in [1.807, 2.05) is 0 Å². The van der Waals surface area contributed by atoms with Crippen LogP contribution in [0.2, 0.25) is 0 Å². The van der Waals surface area contributed by atoms with E-state index in [0.29, 0.717) is 31.0 Å². The van der Waals surface area contributed by atoms with Crippen molar-refractivity contribution in [2.45, 2.75) is 6.54 Å². The van der Waals surface area contributed by atoms with Gasteiger partial charge >= 0.3 is 0 Å². The van der Waals surface area contributed by atoms with Crippen molar-refractivity contribution in [2.24, 2.45) is 10.2 Å². The number of nitrogens with zero attached hydrogens (tertiary/aromatic N) is 4. The van der Waals surface area contributed by atoms with Crippen LogP contribution in [0.1, 0.15) is 5.56 Å². The summed E-state index contributed by atoms with van der Waals surface area (Å²) in [4.78, 5) is 2.15. The average Bonchev–Trinajstić information content (AvgIpc) is 2.87. The maximum Gasteiger partial charge on any atom is 0.175 e. The van der Waals surface area contributed by atoms with Crippen molar-refractivity contribution < 1.29 is 9.13 Å². The van der Waals surface area contributed by atoms with Gasteiger partial charge in [-0.3, -0.25) is 10.00 Å². The maximum atomic E-state index is 14.2. The van der Waals surface area contributed by atoms with E-state index in [2.05, 4.69) is 25.3 Å². The summed E-state index contributed by atoms with van der Waals surface area (Å²) in [6, 6.07) is 4.75. The number of hydrogen-bond donors (Lipinski definition) is 3. The zero-order chi connectivity index (χ0) is 16.2. The minimum absolute atomic E-state index is 0.149. The number of hydrogen-bond acceptors (Lipinski definition) is 7. The van der Waals surface area contributed by atoms with Gasteiger partial charge in [-0.2, -0.15) is 10.2 Å². The van der Waals surface area contributed by atoms with Gasteiger partial charge in [-0.15, -0.1) is 5.11 Å². The summed E-state index contributed by atoms with van der Waals surface area (Å²) in [7, 11) is 0. The summed E-state index contributed by atoms with van der Waals surface area (Å²) in [5.41, 5.74) is 12.5. The third kappa shape index (κ3) is 3.63. The van der Waals surface area contributed by atoms with Gasteiger partial charge in [0.05, 0.1) is 18.9 Å². The summed E-state index contributed by atoms with van der Waals surface area (Å²) in [6.45, 7) is 3.52. The Kier molecular flexibility index (Phi) is 4.49. The highest BCUT2D eigenvalue weighted by atomic mass is 19.1. The molecule has 1 fully saturated rings. The monoisotopic (exact) mass is 319 g/mol. The largest absolute Gasteiger partial charge is 0.382 e. The highest BCUT2D eigenvalue weighted by Gasteiger charge is 2.13. The van der Waals surface area contributed by atoms with Gasteiger partial charge in [0.15, 0.2) is 11.5 Å². The molecule has 3 rings (SSSR count). The van der Waals surface area contributed by atoms with Crippen LogP contribution in [0.3, 0.4) is 0 Å². The number of anilines is 2. The predicted octanol–water partition coefficient (Wildman–Crippen LogP) is 1.96. The Hall–Kier alpha value is -2.52. The Morgan fingerprint density at radius 1 is 1.26 bits per heavy atom. The number of nitrogens with two attached hydrogens (primary N) is 2. The minimum Gasteiger partial charge on any atom is -0.382 e. The molecule has 2 heterocycles. The van der Waals surface area contributed by atoms with Gasteiger partial charge in [0.25, 0.3) is 0 Å². The molecule has 0 unspecified atom stereocenters. The number of nitrogens with one attached hydrogen (secondary N) is 1. The topological polar surface area (TPSA) is 118 Å². The lowest BCUT2D eigenvalue weighted by atomic mass is 10.1. The van der Waals surface area contributed by atoms with Crippen molar-refractivity contribution in [2.75, 3.05) is 37.8 Å². The number of ether oxygens (including phenoxy) is 1. The number of halogens is 1. The summed E-state index contributed by atoms with van der Waals surface area (Å²) in [6.07, 6.45) is 0. The molecule has 122 valence electrons. The molecule has 8 nitrogen and oxygen atoms in total. The Morgan fingerprint density at radius 3 is 2.70 bits per heavy atom. The first-order valence-corrected chi connectivity index (χ1v) is 7.23. The van der Waals surface area contributed by atoms with E-state index < -0.39 is 0 Å². The summed E-state index contributed by atoms with van der Waals surface area (Å²) >= 11 is 0. The third-order valence-electron chi connectivity index (χ3n) is 3.59. The van der Waals surface area contributed by atoms with Crippen LogP contribution in [-0.4, -0.2) is 41.4 Å². The Labute approximate surface area is 132 Å². The molecule has 2 aromatic rings. The first-order chi connectivity index (χ1) is 11.1. The van der Waals surface area contributed by atoms with Crippen LogP contribution < -0.4 is 11.5 Å². The van der Waals surface area contributed by atoms with Gasteiger partial charge in [0.2, 0.25) is 0 Å². The van der Waals surface area contributed by atoms with Crippen LogP contribution in [0.25, 0.3) is 0 Å². The number of morpholine rings is 1. The fourth-order valence-corrected chi connectivity index (χ4v) is 2.30. The fraction of sp³-hybridized carbons (Fsp3) is 0.357. The smallest absolute Gasteiger partial charge is 0.175 e. The van der Waals surface area contributed by atoms with Gasteiger partial charge < -0.3 is 16.2 Å². The van der Waals surface area contributed by atoms with Crippen LogP contribution in [-0.2, 0) is 11.3 Å². The average molecular weight is 319 g/mol. The lowest BCUT2D eigenvalue weighted by molar-refractivity contribution is 0.0337. The zero-order valence-electron chi connectivity index (χ0n) is 12.5. The number of benzene rings is 1. The minimum atomic E-state index is -0.318. The molecule has 1 aliphatic rings. The molecule has 1 saturated heterocycles. The number of azo groups is 1. The molecule has 1 aromatic heterocycles. The van der Waals surface area contributed by atoms with E-state index >= 15 is 0 Å². The summed E-state index contributed by atoms with van der Waals surface area (Å²) in [5.74, 6) is 0.0485. The lowest BCUT2D eigenvalue weighted by Gasteiger charge is -2.26. The number of nitrogen functional groups attached to an aromatic ring is 2. The van der Waals surface area contributed by atoms with Crippen LogP contribution >= 0.6 is 0 Å². The molecule has 0 spiro atoms. The zero-order valence-corrected chi connectivity index (χ0v) is 12.5. The molecule has 1 aromatic carbocycles. The molecule has 5 N–H and O–H groups in total. The molecule has 0 aliphatic carbocycles. The van der Waals surface area contributed by atoms with Crippen LogP contribution in [0.15, 0.2) is 28.4 Å². The first kappa shape index (κ1) is 15.4. The van der Waals surface area contributed by atoms with Crippen LogP contribution in [0, 0.1) is 5.82 Å². The van der Waals surface area contributed by atoms with Gasteiger partial charge in [0, 0.05) is 31.3 Å². The number of aromatic amines is 1.